The molecule has 0 aliphatic heterocycles. The van der Waals surface area contributed by atoms with Gasteiger partial charge in [-0.3, -0.25) is 4.79 Å². The first-order valence-corrected chi connectivity index (χ1v) is 9.50. The highest BCUT2D eigenvalue weighted by Crippen LogP contribution is 2.42. The highest BCUT2D eigenvalue weighted by Gasteiger charge is 2.32. The van der Waals surface area contributed by atoms with Crippen molar-refractivity contribution in [2.24, 2.45) is 0 Å². The molecule has 2 N–H and O–H groups in total. The number of hydrogen-bond acceptors (Lipinski definition) is 3. The summed E-state index contributed by atoms with van der Waals surface area (Å²) in [5.41, 5.74) is 4.63. The van der Waals surface area contributed by atoms with Crippen LogP contribution in [-0.4, -0.2) is 22.2 Å². The third-order valence-electron chi connectivity index (χ3n) is 4.78. The van der Waals surface area contributed by atoms with E-state index in [0.29, 0.717) is 11.5 Å². The van der Waals surface area contributed by atoms with Crippen LogP contribution in [0, 0.1) is 0 Å². The van der Waals surface area contributed by atoms with Gasteiger partial charge in [0.25, 0.3) is 5.91 Å². The maximum absolute atomic E-state index is 13.0. The van der Waals surface area contributed by atoms with Crippen LogP contribution in [0.25, 0.3) is 5.69 Å². The fourth-order valence-corrected chi connectivity index (χ4v) is 3.28. The summed E-state index contributed by atoms with van der Waals surface area (Å²) in [5.74, 6) is 0.313. The fourth-order valence-electron chi connectivity index (χ4n) is 3.28. The van der Waals surface area contributed by atoms with Crippen molar-refractivity contribution in [1.29, 1.82) is 0 Å². The third kappa shape index (κ3) is 3.93. The highest BCUT2D eigenvalue weighted by atomic mass is 16.1. The maximum atomic E-state index is 13.0. The first kappa shape index (κ1) is 17.5. The molecular formula is C22H24N4O. The summed E-state index contributed by atoms with van der Waals surface area (Å²) < 4.78 is 1.91. The summed E-state index contributed by atoms with van der Waals surface area (Å²) in [7, 11) is 0. The van der Waals surface area contributed by atoms with Gasteiger partial charge in [-0.05, 0) is 49.2 Å². The number of nitrogens with zero attached hydrogens (tertiary/aromatic N) is 2. The molecule has 27 heavy (non-hydrogen) atoms. The zero-order valence-corrected chi connectivity index (χ0v) is 15.5. The Morgan fingerprint density at radius 1 is 1.15 bits per heavy atom. The second-order valence-electron chi connectivity index (χ2n) is 6.90. The van der Waals surface area contributed by atoms with Gasteiger partial charge in [-0.25, -0.2) is 4.68 Å². The molecule has 0 atom stereocenters. The smallest absolute Gasteiger partial charge is 0.259 e. The van der Waals surface area contributed by atoms with E-state index >= 15 is 0 Å². The highest BCUT2D eigenvalue weighted by molar-refractivity contribution is 6.05. The Balaban J connectivity index is 1.59. The molecule has 0 saturated heterocycles. The number of para-hydroxylation sites is 1. The standard InChI is InChI=1S/C22H24N4O/c1-2-23-14-16-7-6-8-18(13-16)25-22(27)20-15-24-26(21(20)17-11-12-17)19-9-4-3-5-10-19/h3-10,13,15,17,23H,2,11-12,14H2,1H3,(H,25,27). The molecule has 1 saturated carbocycles. The first-order chi connectivity index (χ1) is 13.3. The normalized spacial score (nSPS) is 13.5. The molecule has 138 valence electrons. The van der Waals surface area contributed by atoms with Crippen LogP contribution in [0.3, 0.4) is 0 Å². The predicted molar refractivity (Wildman–Crippen MR) is 107 cm³/mol. The predicted octanol–water partition coefficient (Wildman–Crippen LogP) is 4.11. The van der Waals surface area contributed by atoms with Gasteiger partial charge in [0.15, 0.2) is 0 Å². The van der Waals surface area contributed by atoms with Crippen molar-refractivity contribution in [3.8, 4) is 5.69 Å². The van der Waals surface area contributed by atoms with E-state index in [1.165, 1.54) is 0 Å². The number of benzene rings is 2. The first-order valence-electron chi connectivity index (χ1n) is 9.50. The lowest BCUT2D eigenvalue weighted by molar-refractivity contribution is 0.102. The fraction of sp³-hybridized carbons (Fsp3) is 0.273. The third-order valence-corrected chi connectivity index (χ3v) is 4.78. The van der Waals surface area contributed by atoms with E-state index in [1.54, 1.807) is 6.20 Å². The van der Waals surface area contributed by atoms with Crippen molar-refractivity contribution in [2.45, 2.75) is 32.2 Å². The largest absolute Gasteiger partial charge is 0.322 e. The minimum atomic E-state index is -0.0975. The number of carbonyl (C=O) groups excluding carboxylic acids is 1. The van der Waals surface area contributed by atoms with Crippen LogP contribution in [0.2, 0.25) is 0 Å². The van der Waals surface area contributed by atoms with Crippen molar-refractivity contribution in [1.82, 2.24) is 15.1 Å². The van der Waals surface area contributed by atoms with Crippen molar-refractivity contribution in [2.75, 3.05) is 11.9 Å². The van der Waals surface area contributed by atoms with E-state index in [4.69, 9.17) is 0 Å². The van der Waals surface area contributed by atoms with Crippen LogP contribution in [0.1, 0.15) is 47.3 Å². The number of anilines is 1. The Hall–Kier alpha value is -2.92. The lowest BCUT2D eigenvalue weighted by Crippen LogP contribution is -2.15. The summed E-state index contributed by atoms with van der Waals surface area (Å²) in [4.78, 5) is 13.0. The monoisotopic (exact) mass is 360 g/mol. The molecule has 1 aliphatic carbocycles. The van der Waals surface area contributed by atoms with Gasteiger partial charge in [-0.15, -0.1) is 0 Å². The number of hydrogen-bond donors (Lipinski definition) is 2. The van der Waals surface area contributed by atoms with Crippen molar-refractivity contribution < 1.29 is 4.79 Å². The number of aromatic nitrogens is 2. The van der Waals surface area contributed by atoms with Gasteiger partial charge in [-0.2, -0.15) is 5.10 Å². The Kier molecular flexibility index (Phi) is 5.03. The summed E-state index contributed by atoms with van der Waals surface area (Å²) in [6, 6.07) is 18.0. The Labute approximate surface area is 159 Å². The average molecular weight is 360 g/mol. The molecule has 0 spiro atoms. The SMILES string of the molecule is CCNCc1cccc(NC(=O)c2cnn(-c3ccccc3)c2C2CC2)c1. The number of carbonyl (C=O) groups is 1. The average Bonchev–Trinajstić information content (AvgIpc) is 3.45. The molecule has 1 aliphatic rings. The van der Waals surface area contributed by atoms with Crippen LogP contribution in [0.4, 0.5) is 5.69 Å². The molecule has 1 aromatic heterocycles. The van der Waals surface area contributed by atoms with Crippen LogP contribution in [0.15, 0.2) is 60.8 Å². The molecule has 5 heteroatoms. The molecule has 2 aromatic carbocycles. The Morgan fingerprint density at radius 3 is 2.70 bits per heavy atom. The van der Waals surface area contributed by atoms with Gasteiger partial charge < -0.3 is 10.6 Å². The van der Waals surface area contributed by atoms with Crippen molar-refractivity contribution in [3.63, 3.8) is 0 Å². The lowest BCUT2D eigenvalue weighted by Gasteiger charge is -2.10. The minimum Gasteiger partial charge on any atom is -0.322 e. The van der Waals surface area contributed by atoms with Gasteiger partial charge in [0.2, 0.25) is 0 Å². The second-order valence-corrected chi connectivity index (χ2v) is 6.90. The molecule has 0 radical (unpaired) electrons. The molecule has 0 unspecified atom stereocenters. The molecule has 0 bridgehead atoms. The van der Waals surface area contributed by atoms with Gasteiger partial charge in [0, 0.05) is 18.2 Å². The van der Waals surface area contributed by atoms with Gasteiger partial charge >= 0.3 is 0 Å². The number of rotatable bonds is 7. The summed E-state index contributed by atoms with van der Waals surface area (Å²) >= 11 is 0. The van der Waals surface area contributed by atoms with E-state index in [-0.39, 0.29) is 5.91 Å². The van der Waals surface area contributed by atoms with Gasteiger partial charge in [0.1, 0.15) is 0 Å². The van der Waals surface area contributed by atoms with Crippen LogP contribution < -0.4 is 10.6 Å². The van der Waals surface area contributed by atoms with E-state index in [0.717, 1.165) is 48.6 Å². The lowest BCUT2D eigenvalue weighted by atomic mass is 10.1. The summed E-state index contributed by atoms with van der Waals surface area (Å²) in [6.45, 7) is 3.79. The van der Waals surface area contributed by atoms with E-state index in [9.17, 15) is 4.79 Å². The molecule has 3 aromatic rings. The number of nitrogens with one attached hydrogen (secondary N) is 2. The zero-order chi connectivity index (χ0) is 18.6. The second kappa shape index (κ2) is 7.76. The Bertz CT molecular complexity index is 928. The minimum absolute atomic E-state index is 0.0975. The quantitative estimate of drug-likeness (QED) is 0.666. The van der Waals surface area contributed by atoms with Crippen LogP contribution in [0.5, 0.6) is 0 Å². The molecular weight excluding hydrogens is 336 g/mol. The van der Waals surface area contributed by atoms with Crippen molar-refractivity contribution >= 4 is 11.6 Å². The number of amides is 1. The van der Waals surface area contributed by atoms with Crippen LogP contribution >= 0.6 is 0 Å². The van der Waals surface area contributed by atoms with Gasteiger partial charge in [0.05, 0.1) is 23.1 Å². The molecule has 1 amide bonds. The van der Waals surface area contributed by atoms with E-state index < -0.39 is 0 Å². The maximum Gasteiger partial charge on any atom is 0.259 e. The zero-order valence-electron chi connectivity index (χ0n) is 15.5. The summed E-state index contributed by atoms with van der Waals surface area (Å²) in [6.07, 6.45) is 3.91. The molecule has 4 rings (SSSR count). The molecule has 1 heterocycles. The topological polar surface area (TPSA) is 58.9 Å². The summed E-state index contributed by atoms with van der Waals surface area (Å²) in [5, 5.41) is 10.9. The molecule has 5 nitrogen and oxygen atoms in total. The van der Waals surface area contributed by atoms with Crippen LogP contribution in [-0.2, 0) is 6.54 Å². The molecule has 1 fully saturated rings. The van der Waals surface area contributed by atoms with Gasteiger partial charge in [-0.1, -0.05) is 37.3 Å². The van der Waals surface area contributed by atoms with E-state index in [1.807, 2.05) is 53.2 Å². The van der Waals surface area contributed by atoms with E-state index in [2.05, 4.69) is 28.7 Å². The Morgan fingerprint density at radius 2 is 1.96 bits per heavy atom. The van der Waals surface area contributed by atoms with Crippen molar-refractivity contribution in [3.05, 3.63) is 77.6 Å².